The van der Waals surface area contributed by atoms with Crippen LogP contribution in [0.1, 0.15) is 12.8 Å². The molecule has 0 amide bonds. The van der Waals surface area contributed by atoms with Crippen molar-refractivity contribution in [1.82, 2.24) is 8.75 Å². The van der Waals surface area contributed by atoms with Crippen molar-refractivity contribution in [2.24, 2.45) is 0 Å². The normalized spacial score (nSPS) is 20.2. The van der Waals surface area contributed by atoms with Crippen LogP contribution in [-0.4, -0.2) is 26.3 Å². The van der Waals surface area contributed by atoms with Gasteiger partial charge in [-0.05, 0) is 24.7 Å². The summed E-state index contributed by atoms with van der Waals surface area (Å²) < 4.78 is 8.51. The molecule has 0 radical (unpaired) electrons. The minimum absolute atomic E-state index is 0.451. The van der Waals surface area contributed by atoms with E-state index in [-0.39, 0.29) is 0 Å². The third-order valence-electron chi connectivity index (χ3n) is 2.95. The highest BCUT2D eigenvalue weighted by Crippen LogP contribution is 2.36. The van der Waals surface area contributed by atoms with E-state index in [4.69, 9.17) is 23.2 Å². The second kappa shape index (κ2) is 5.41. The number of anilines is 1. The number of aromatic nitrogens is 2. The van der Waals surface area contributed by atoms with Crippen LogP contribution in [0.15, 0.2) is 6.07 Å². The van der Waals surface area contributed by atoms with E-state index >= 15 is 0 Å². The third-order valence-corrected chi connectivity index (χ3v) is 5.28. The molecule has 1 atom stereocenters. The first-order chi connectivity index (χ1) is 8.75. The molecule has 1 fully saturated rings. The van der Waals surface area contributed by atoms with Crippen LogP contribution in [0.25, 0.3) is 11.0 Å². The summed E-state index contributed by atoms with van der Waals surface area (Å²) in [7, 11) is 0. The lowest BCUT2D eigenvalue weighted by Crippen LogP contribution is -2.26. The number of halogens is 2. The molecule has 0 aliphatic carbocycles. The van der Waals surface area contributed by atoms with Gasteiger partial charge in [0.1, 0.15) is 11.0 Å². The average molecular weight is 320 g/mol. The number of nitrogens with zero attached hydrogens (tertiary/aromatic N) is 2. The van der Waals surface area contributed by atoms with Gasteiger partial charge in [-0.25, -0.2) is 0 Å². The van der Waals surface area contributed by atoms with Gasteiger partial charge in [-0.1, -0.05) is 23.2 Å². The molecule has 3 rings (SSSR count). The summed E-state index contributed by atoms with van der Waals surface area (Å²) in [6.07, 6.45) is 2.41. The molecule has 7 heteroatoms. The van der Waals surface area contributed by atoms with Crippen molar-refractivity contribution in [2.75, 3.05) is 16.8 Å². The zero-order valence-electron chi connectivity index (χ0n) is 9.45. The van der Waals surface area contributed by atoms with Crippen LogP contribution in [0.2, 0.25) is 10.0 Å². The smallest absolute Gasteiger partial charge is 0.130 e. The van der Waals surface area contributed by atoms with E-state index < -0.39 is 0 Å². The number of nitrogens with one attached hydrogen (secondary N) is 1. The maximum absolute atomic E-state index is 6.27. The van der Waals surface area contributed by atoms with Crippen LogP contribution < -0.4 is 5.32 Å². The summed E-state index contributed by atoms with van der Waals surface area (Å²) in [4.78, 5) is 0. The predicted octanol–water partition coefficient (Wildman–Crippen LogP) is 4.31. The summed E-state index contributed by atoms with van der Waals surface area (Å²) in [5.41, 5.74) is 2.39. The molecule has 2 heterocycles. The van der Waals surface area contributed by atoms with Crippen molar-refractivity contribution < 1.29 is 0 Å². The second-order valence-electron chi connectivity index (χ2n) is 4.24. The monoisotopic (exact) mass is 319 g/mol. The molecular formula is C11H11Cl2N3S2. The summed E-state index contributed by atoms with van der Waals surface area (Å²) in [5, 5.41) is 4.68. The Bertz CT molecular complexity index is 567. The van der Waals surface area contributed by atoms with Crippen molar-refractivity contribution in [1.29, 1.82) is 0 Å². The Hall–Kier alpha value is -0.230. The van der Waals surface area contributed by atoms with Gasteiger partial charge in [0.2, 0.25) is 0 Å². The van der Waals surface area contributed by atoms with E-state index in [1.54, 1.807) is 6.07 Å². The van der Waals surface area contributed by atoms with Gasteiger partial charge >= 0.3 is 0 Å². The highest BCUT2D eigenvalue weighted by Gasteiger charge is 2.19. The van der Waals surface area contributed by atoms with E-state index in [1.165, 1.54) is 18.6 Å². The van der Waals surface area contributed by atoms with Gasteiger partial charge in [-0.3, -0.25) is 0 Å². The largest absolute Gasteiger partial charge is 0.378 e. The Morgan fingerprint density at radius 2 is 2.06 bits per heavy atom. The molecule has 1 saturated heterocycles. The fourth-order valence-electron chi connectivity index (χ4n) is 2.07. The fourth-order valence-corrected chi connectivity index (χ4v) is 4.31. The number of rotatable bonds is 2. The summed E-state index contributed by atoms with van der Waals surface area (Å²) in [6.45, 7) is 0. The van der Waals surface area contributed by atoms with E-state index in [2.05, 4.69) is 14.1 Å². The Labute approximate surface area is 124 Å². The lowest BCUT2D eigenvalue weighted by molar-refractivity contribution is 0.686. The summed E-state index contributed by atoms with van der Waals surface area (Å²) in [5.74, 6) is 2.36. The molecule has 1 N–H and O–H groups in total. The van der Waals surface area contributed by atoms with Crippen LogP contribution in [0.4, 0.5) is 5.69 Å². The maximum Gasteiger partial charge on any atom is 0.130 e. The van der Waals surface area contributed by atoms with Crippen LogP contribution >= 0.6 is 46.7 Å². The van der Waals surface area contributed by atoms with E-state index in [0.717, 1.165) is 34.2 Å². The zero-order valence-corrected chi connectivity index (χ0v) is 12.6. The number of hydrogen-bond donors (Lipinski definition) is 1. The molecule has 1 unspecified atom stereocenters. The number of hydrogen-bond acceptors (Lipinski definition) is 5. The molecule has 3 nitrogen and oxygen atoms in total. The lowest BCUT2D eigenvalue weighted by Gasteiger charge is -2.24. The summed E-state index contributed by atoms with van der Waals surface area (Å²) >= 11 is 15.5. The Balaban J connectivity index is 1.97. The van der Waals surface area contributed by atoms with Gasteiger partial charge in [0.05, 0.1) is 27.5 Å². The molecule has 1 aliphatic rings. The highest BCUT2D eigenvalue weighted by atomic mass is 35.5. The first kappa shape index (κ1) is 12.8. The molecule has 0 spiro atoms. The van der Waals surface area contributed by atoms with E-state index in [0.29, 0.717) is 16.1 Å². The maximum atomic E-state index is 6.27. The molecule has 18 heavy (non-hydrogen) atoms. The van der Waals surface area contributed by atoms with Crippen LogP contribution in [0.5, 0.6) is 0 Å². The minimum Gasteiger partial charge on any atom is -0.378 e. The van der Waals surface area contributed by atoms with Gasteiger partial charge in [0, 0.05) is 11.8 Å². The molecule has 0 bridgehead atoms. The Morgan fingerprint density at radius 1 is 1.22 bits per heavy atom. The molecule has 1 aromatic carbocycles. The molecule has 1 aromatic heterocycles. The third kappa shape index (κ3) is 2.41. The van der Waals surface area contributed by atoms with Crippen molar-refractivity contribution in [3.8, 4) is 0 Å². The first-order valence-electron chi connectivity index (χ1n) is 5.70. The Kier molecular flexibility index (Phi) is 3.84. The highest BCUT2D eigenvalue weighted by molar-refractivity contribution is 7.99. The van der Waals surface area contributed by atoms with E-state index in [9.17, 15) is 0 Å². The van der Waals surface area contributed by atoms with Crippen molar-refractivity contribution in [3.63, 3.8) is 0 Å². The lowest BCUT2D eigenvalue weighted by atomic mass is 10.1. The van der Waals surface area contributed by atoms with Gasteiger partial charge in [0.25, 0.3) is 0 Å². The van der Waals surface area contributed by atoms with Crippen molar-refractivity contribution in [2.45, 2.75) is 18.9 Å². The van der Waals surface area contributed by atoms with Crippen LogP contribution in [0.3, 0.4) is 0 Å². The van der Waals surface area contributed by atoms with Gasteiger partial charge in [0.15, 0.2) is 0 Å². The topological polar surface area (TPSA) is 37.8 Å². The fraction of sp³-hybridized carbons (Fsp3) is 0.455. The van der Waals surface area contributed by atoms with Crippen molar-refractivity contribution >= 4 is 63.4 Å². The first-order valence-corrected chi connectivity index (χ1v) is 8.34. The van der Waals surface area contributed by atoms with E-state index in [1.807, 2.05) is 11.8 Å². The molecular weight excluding hydrogens is 309 g/mol. The molecule has 2 aromatic rings. The second-order valence-corrected chi connectivity index (χ2v) is 6.73. The van der Waals surface area contributed by atoms with Gasteiger partial charge in [-0.15, -0.1) is 0 Å². The number of thioether (sulfide) groups is 1. The standard InChI is InChI=1S/C11H11Cl2N3S2/c12-7-4-8(13)10-11(16-18-15-10)9(7)14-6-2-1-3-17-5-6/h4,6,14H,1-3,5H2. The molecule has 96 valence electrons. The minimum atomic E-state index is 0.451. The van der Waals surface area contributed by atoms with Gasteiger partial charge in [-0.2, -0.15) is 20.5 Å². The number of fused-ring (bicyclic) bond motifs is 1. The van der Waals surface area contributed by atoms with Crippen molar-refractivity contribution in [3.05, 3.63) is 16.1 Å². The summed E-state index contributed by atoms with van der Waals surface area (Å²) in [6, 6.07) is 2.19. The quantitative estimate of drug-likeness (QED) is 0.895. The number of benzene rings is 1. The Morgan fingerprint density at radius 3 is 2.83 bits per heavy atom. The van der Waals surface area contributed by atoms with Gasteiger partial charge < -0.3 is 5.32 Å². The SMILES string of the molecule is Clc1cc(Cl)c2nsnc2c1NC1CCCSC1. The average Bonchev–Trinajstić information content (AvgIpc) is 2.85. The van der Waals surface area contributed by atoms with Crippen LogP contribution in [-0.2, 0) is 0 Å². The van der Waals surface area contributed by atoms with Crippen LogP contribution in [0, 0.1) is 0 Å². The molecule has 0 saturated carbocycles. The molecule has 1 aliphatic heterocycles. The predicted molar refractivity (Wildman–Crippen MR) is 81.4 cm³/mol. The zero-order chi connectivity index (χ0) is 12.5.